The van der Waals surface area contributed by atoms with Crippen LogP contribution in [0, 0.1) is 41.0 Å². The van der Waals surface area contributed by atoms with E-state index in [2.05, 4.69) is 0 Å². The van der Waals surface area contributed by atoms with Crippen LogP contribution in [0.4, 0.5) is 11.4 Å². The largest absolute Gasteiger partial charge is 0.486 e. The van der Waals surface area contributed by atoms with Crippen molar-refractivity contribution in [1.29, 1.82) is 0 Å². The topological polar surface area (TPSA) is 133 Å². The van der Waals surface area contributed by atoms with Crippen LogP contribution in [-0.2, 0) is 0 Å². The molecule has 172 valence electrons. The van der Waals surface area contributed by atoms with Gasteiger partial charge in [-0.2, -0.15) is 0 Å². The van der Waals surface area contributed by atoms with E-state index in [1.807, 2.05) is 26.0 Å². The summed E-state index contributed by atoms with van der Waals surface area (Å²) in [6.07, 6.45) is 1.03. The van der Waals surface area contributed by atoms with E-state index >= 15 is 0 Å². The van der Waals surface area contributed by atoms with Crippen molar-refractivity contribution in [2.75, 3.05) is 13.1 Å². The average molecular weight is 453 g/mol. The molecule has 0 unspecified atom stereocenters. The number of ketones is 1. The molecule has 2 aliphatic rings. The van der Waals surface area contributed by atoms with E-state index in [-0.39, 0.29) is 36.4 Å². The molecule has 1 spiro atoms. The first-order valence-corrected chi connectivity index (χ1v) is 10.6. The van der Waals surface area contributed by atoms with E-state index in [4.69, 9.17) is 4.74 Å². The zero-order chi connectivity index (χ0) is 24.1. The molecule has 0 N–H and O–H groups in total. The maximum absolute atomic E-state index is 13.0. The molecular formula is C23H23N3O7. The molecule has 0 radical (unpaired) electrons. The number of Topliss-reactive ketones (excluding diaryl/α,β-unsaturated/α-hetero) is 1. The van der Waals surface area contributed by atoms with Crippen LogP contribution < -0.4 is 4.74 Å². The number of aryl methyl sites for hydroxylation is 2. The monoisotopic (exact) mass is 453 g/mol. The summed E-state index contributed by atoms with van der Waals surface area (Å²) in [5, 5.41) is 22.7. The number of nitrogens with zero attached hydrogens (tertiary/aromatic N) is 3. The van der Waals surface area contributed by atoms with Gasteiger partial charge in [0.1, 0.15) is 16.9 Å². The fourth-order valence-corrected chi connectivity index (χ4v) is 4.51. The molecule has 0 saturated carbocycles. The third kappa shape index (κ3) is 3.92. The zero-order valence-electron chi connectivity index (χ0n) is 18.5. The Morgan fingerprint density at radius 2 is 1.52 bits per heavy atom. The molecule has 1 amide bonds. The van der Waals surface area contributed by atoms with E-state index in [0.29, 0.717) is 24.2 Å². The highest BCUT2D eigenvalue weighted by molar-refractivity contribution is 6.01. The van der Waals surface area contributed by atoms with E-state index in [0.717, 1.165) is 23.3 Å². The first kappa shape index (κ1) is 22.4. The van der Waals surface area contributed by atoms with Gasteiger partial charge in [-0.25, -0.2) is 0 Å². The van der Waals surface area contributed by atoms with Gasteiger partial charge < -0.3 is 9.64 Å². The number of nitro groups is 2. The normalized spacial score (nSPS) is 16.8. The number of carbonyl (C=O) groups is 2. The molecule has 0 bridgehead atoms. The van der Waals surface area contributed by atoms with Gasteiger partial charge in [-0.15, -0.1) is 0 Å². The van der Waals surface area contributed by atoms with E-state index in [1.165, 1.54) is 11.8 Å². The Balaban J connectivity index is 1.55. The van der Waals surface area contributed by atoms with Crippen LogP contribution in [0.1, 0.15) is 56.7 Å². The lowest BCUT2D eigenvalue weighted by Gasteiger charge is -2.44. The molecule has 2 aromatic rings. The summed E-state index contributed by atoms with van der Waals surface area (Å²) in [5.74, 6) is 0.0351. The highest BCUT2D eigenvalue weighted by Gasteiger charge is 2.44. The third-order valence-corrected chi connectivity index (χ3v) is 6.66. The molecule has 4 rings (SSSR count). The molecule has 1 fully saturated rings. The fourth-order valence-electron chi connectivity index (χ4n) is 4.51. The van der Waals surface area contributed by atoms with Crippen LogP contribution in [-0.4, -0.2) is 45.1 Å². The predicted molar refractivity (Wildman–Crippen MR) is 118 cm³/mol. The Hall–Kier alpha value is -3.82. The van der Waals surface area contributed by atoms with Crippen molar-refractivity contribution < 1.29 is 24.2 Å². The predicted octanol–water partition coefficient (Wildman–Crippen LogP) is 4.07. The van der Waals surface area contributed by atoms with Crippen molar-refractivity contribution in [3.05, 3.63) is 72.3 Å². The van der Waals surface area contributed by atoms with Gasteiger partial charge in [0.05, 0.1) is 27.4 Å². The molecule has 2 aromatic carbocycles. The van der Waals surface area contributed by atoms with Gasteiger partial charge in [0.2, 0.25) is 0 Å². The molecule has 33 heavy (non-hydrogen) atoms. The number of ether oxygens (including phenoxy) is 1. The van der Waals surface area contributed by atoms with Gasteiger partial charge >= 0.3 is 0 Å². The van der Waals surface area contributed by atoms with Crippen LogP contribution in [0.2, 0.25) is 0 Å². The van der Waals surface area contributed by atoms with Gasteiger partial charge in [0.25, 0.3) is 17.3 Å². The molecule has 0 aromatic heterocycles. The maximum atomic E-state index is 13.0. The third-order valence-electron chi connectivity index (χ3n) is 6.66. The number of piperidine rings is 1. The smallest absolute Gasteiger partial charge is 0.279 e. The molecule has 2 heterocycles. The van der Waals surface area contributed by atoms with E-state index in [1.54, 1.807) is 0 Å². The molecular weight excluding hydrogens is 430 g/mol. The summed E-state index contributed by atoms with van der Waals surface area (Å²) < 4.78 is 6.28. The van der Waals surface area contributed by atoms with Gasteiger partial charge in [-0.1, -0.05) is 0 Å². The van der Waals surface area contributed by atoms with Crippen molar-refractivity contribution in [3.63, 3.8) is 0 Å². The van der Waals surface area contributed by atoms with Gasteiger partial charge in [0.15, 0.2) is 5.78 Å². The SMILES string of the molecule is Cc1cc2c(cc1C)C(=O)CC1(CCN(C(=O)c3cc([N+](=O)[O-])c(C)c([N+](=O)[O-])c3)CC1)O2. The number of benzene rings is 2. The van der Waals surface area contributed by atoms with Crippen LogP contribution in [0.3, 0.4) is 0 Å². The standard InChI is InChI=1S/C23H23N3O7/c1-13-8-17-20(27)12-23(33-21(17)9-14(13)2)4-6-24(7-5-23)22(28)16-10-18(25(29)30)15(3)19(11-16)26(31)32/h8-11H,4-7,12H2,1-3H3. The molecule has 10 nitrogen and oxygen atoms in total. The Kier molecular flexibility index (Phi) is 5.39. The van der Waals surface area contributed by atoms with Gasteiger partial charge in [-0.3, -0.25) is 29.8 Å². The highest BCUT2D eigenvalue weighted by Crippen LogP contribution is 2.41. The lowest BCUT2D eigenvalue weighted by molar-refractivity contribution is -0.395. The second kappa shape index (κ2) is 7.95. The summed E-state index contributed by atoms with van der Waals surface area (Å²) in [4.78, 5) is 48.6. The van der Waals surface area contributed by atoms with Crippen LogP contribution >= 0.6 is 0 Å². The van der Waals surface area contributed by atoms with Crippen molar-refractivity contribution in [2.24, 2.45) is 0 Å². The van der Waals surface area contributed by atoms with E-state index in [9.17, 15) is 29.8 Å². The molecule has 0 atom stereocenters. The molecule has 2 aliphatic heterocycles. The number of likely N-dealkylation sites (tertiary alicyclic amines) is 1. The van der Waals surface area contributed by atoms with Crippen LogP contribution in [0.5, 0.6) is 5.75 Å². The molecule has 10 heteroatoms. The second-order valence-corrected chi connectivity index (χ2v) is 8.76. The fraction of sp³-hybridized carbons (Fsp3) is 0.391. The first-order chi connectivity index (χ1) is 15.5. The highest BCUT2D eigenvalue weighted by atomic mass is 16.6. The Morgan fingerprint density at radius 3 is 2.06 bits per heavy atom. The number of rotatable bonds is 3. The lowest BCUT2D eigenvalue weighted by Crippen LogP contribution is -2.52. The van der Waals surface area contributed by atoms with Crippen molar-refractivity contribution in [2.45, 2.75) is 45.6 Å². The van der Waals surface area contributed by atoms with E-state index < -0.39 is 32.7 Å². The first-order valence-electron chi connectivity index (χ1n) is 10.6. The minimum Gasteiger partial charge on any atom is -0.486 e. The summed E-state index contributed by atoms with van der Waals surface area (Å²) in [6.45, 7) is 5.71. The summed E-state index contributed by atoms with van der Waals surface area (Å²) in [5.41, 5.74) is 0.755. The number of carbonyl (C=O) groups excluding carboxylic acids is 2. The number of nitro benzene ring substituents is 2. The Bertz CT molecular complexity index is 1180. The van der Waals surface area contributed by atoms with Gasteiger partial charge in [0, 0.05) is 38.1 Å². The Labute approximate surface area is 189 Å². The van der Waals surface area contributed by atoms with Crippen molar-refractivity contribution in [1.82, 2.24) is 4.90 Å². The molecule has 0 aliphatic carbocycles. The second-order valence-electron chi connectivity index (χ2n) is 8.76. The van der Waals surface area contributed by atoms with Crippen LogP contribution in [0.25, 0.3) is 0 Å². The van der Waals surface area contributed by atoms with Crippen molar-refractivity contribution in [3.8, 4) is 5.75 Å². The minimum atomic E-state index is -0.729. The quantitative estimate of drug-likeness (QED) is 0.505. The zero-order valence-corrected chi connectivity index (χ0v) is 18.5. The lowest BCUT2D eigenvalue weighted by atomic mass is 9.81. The molecule has 1 saturated heterocycles. The summed E-state index contributed by atoms with van der Waals surface area (Å²) in [6, 6.07) is 5.87. The van der Waals surface area contributed by atoms with Crippen LogP contribution in [0.15, 0.2) is 24.3 Å². The number of hydrogen-bond donors (Lipinski definition) is 0. The number of amides is 1. The average Bonchev–Trinajstić information content (AvgIpc) is 2.75. The number of fused-ring (bicyclic) bond motifs is 1. The minimum absolute atomic E-state index is 0.00362. The maximum Gasteiger partial charge on any atom is 0.279 e. The summed E-state index contributed by atoms with van der Waals surface area (Å²) >= 11 is 0. The number of hydrogen-bond acceptors (Lipinski definition) is 7. The Morgan fingerprint density at radius 1 is 0.970 bits per heavy atom. The van der Waals surface area contributed by atoms with Gasteiger partial charge in [-0.05, 0) is 44.0 Å². The summed E-state index contributed by atoms with van der Waals surface area (Å²) in [7, 11) is 0. The van der Waals surface area contributed by atoms with Crippen molar-refractivity contribution >= 4 is 23.1 Å².